The summed E-state index contributed by atoms with van der Waals surface area (Å²) in [5.41, 5.74) is -0.0418. The average molecular weight is 427 g/mol. The maximum Gasteiger partial charge on any atom is 0.181 e. The van der Waals surface area contributed by atoms with Crippen molar-refractivity contribution in [2.24, 2.45) is 28.6 Å². The van der Waals surface area contributed by atoms with Crippen LogP contribution in [0.4, 0.5) is 0 Å². The second-order valence-electron chi connectivity index (χ2n) is 11.3. The monoisotopic (exact) mass is 426 g/mol. The molecule has 174 valence electrons. The van der Waals surface area contributed by atoms with E-state index in [0.717, 1.165) is 19.3 Å². The first-order chi connectivity index (χ1) is 13.7. The molecule has 1 saturated heterocycles. The molecule has 0 bridgehead atoms. The Morgan fingerprint density at radius 2 is 1.80 bits per heavy atom. The third-order valence-corrected chi connectivity index (χ3v) is 6.68. The average Bonchev–Trinajstić information content (AvgIpc) is 2.71. The number of aliphatic hydroxyl groups excluding tert-OH is 3. The molecule has 0 amide bonds. The highest BCUT2D eigenvalue weighted by atomic mass is 16.7. The fourth-order valence-electron chi connectivity index (χ4n) is 5.51. The molecule has 1 saturated carbocycles. The highest BCUT2D eigenvalue weighted by molar-refractivity contribution is 5.89. The molecule has 0 aromatic carbocycles. The highest BCUT2D eigenvalue weighted by Crippen LogP contribution is 2.54. The molecule has 1 aliphatic heterocycles. The largest absolute Gasteiger partial charge is 0.396 e. The van der Waals surface area contributed by atoms with Crippen molar-refractivity contribution in [2.45, 2.75) is 97.7 Å². The van der Waals surface area contributed by atoms with Gasteiger partial charge >= 0.3 is 0 Å². The second kappa shape index (κ2) is 9.37. The summed E-state index contributed by atoms with van der Waals surface area (Å²) in [6.07, 6.45) is 5.18. The summed E-state index contributed by atoms with van der Waals surface area (Å²) >= 11 is 0. The van der Waals surface area contributed by atoms with Gasteiger partial charge in [-0.05, 0) is 42.1 Å². The standard InChI is InChI=1S/C24H42O6/c1-15(2)12-16(26)9-11-23(5,6)14-22(3,4)10-7-8-18-19-21(28)20(27)17(13-25)24(19,29)30-18/h9,11,15,17-21,25,27-29H,7-8,10,12-14H2,1-6H3. The van der Waals surface area contributed by atoms with Gasteiger partial charge in [-0.2, -0.15) is 0 Å². The van der Waals surface area contributed by atoms with Crippen LogP contribution in [0.25, 0.3) is 0 Å². The molecule has 6 heteroatoms. The number of rotatable bonds is 11. The Bertz CT molecular complexity index is 625. The van der Waals surface area contributed by atoms with Crippen molar-refractivity contribution in [3.63, 3.8) is 0 Å². The number of fused-ring (bicyclic) bond motifs is 1. The Labute approximate surface area is 181 Å². The maximum atomic E-state index is 12.0. The minimum absolute atomic E-state index is 0.0520. The summed E-state index contributed by atoms with van der Waals surface area (Å²) in [6, 6.07) is 0. The number of carbonyl (C=O) groups excluding carboxylic acids is 1. The van der Waals surface area contributed by atoms with Crippen molar-refractivity contribution in [3.05, 3.63) is 12.2 Å². The molecule has 2 fully saturated rings. The zero-order chi connectivity index (χ0) is 22.9. The number of hydrogen-bond acceptors (Lipinski definition) is 6. The zero-order valence-corrected chi connectivity index (χ0v) is 19.5. The minimum atomic E-state index is -1.62. The van der Waals surface area contributed by atoms with Gasteiger partial charge in [0.05, 0.1) is 36.8 Å². The van der Waals surface area contributed by atoms with E-state index in [1.54, 1.807) is 6.08 Å². The lowest BCUT2D eigenvalue weighted by Crippen LogP contribution is -2.62. The third-order valence-electron chi connectivity index (χ3n) is 6.68. The van der Waals surface area contributed by atoms with Crippen LogP contribution in [0.2, 0.25) is 0 Å². The molecule has 0 radical (unpaired) electrons. The quantitative estimate of drug-likeness (QED) is 0.379. The van der Waals surface area contributed by atoms with Crippen LogP contribution in [-0.4, -0.2) is 56.9 Å². The van der Waals surface area contributed by atoms with Crippen LogP contribution in [0, 0.1) is 28.6 Å². The zero-order valence-electron chi connectivity index (χ0n) is 19.5. The predicted octanol–water partition coefficient (Wildman–Crippen LogP) is 2.82. The van der Waals surface area contributed by atoms with Gasteiger partial charge in [0.2, 0.25) is 0 Å². The van der Waals surface area contributed by atoms with Gasteiger partial charge in [-0.25, -0.2) is 0 Å². The smallest absolute Gasteiger partial charge is 0.181 e. The van der Waals surface area contributed by atoms with E-state index in [-0.39, 0.29) is 22.7 Å². The second-order valence-corrected chi connectivity index (χ2v) is 11.3. The van der Waals surface area contributed by atoms with E-state index in [4.69, 9.17) is 4.74 Å². The van der Waals surface area contributed by atoms with Crippen LogP contribution >= 0.6 is 0 Å². The Hall–Kier alpha value is -0.790. The molecule has 0 aromatic rings. The molecule has 2 aliphatic rings. The summed E-state index contributed by atoms with van der Waals surface area (Å²) in [5.74, 6) is -2.51. The Morgan fingerprint density at radius 3 is 2.37 bits per heavy atom. The van der Waals surface area contributed by atoms with Crippen LogP contribution in [0.5, 0.6) is 0 Å². The fraction of sp³-hybridized carbons (Fsp3) is 0.875. The van der Waals surface area contributed by atoms with Gasteiger partial charge in [0, 0.05) is 6.42 Å². The first kappa shape index (κ1) is 25.5. The molecule has 0 spiro atoms. The van der Waals surface area contributed by atoms with Crippen molar-refractivity contribution in [1.29, 1.82) is 0 Å². The summed E-state index contributed by atoms with van der Waals surface area (Å²) in [7, 11) is 0. The van der Waals surface area contributed by atoms with Gasteiger partial charge in [-0.15, -0.1) is 0 Å². The number of carbonyl (C=O) groups is 1. The number of hydrogen-bond donors (Lipinski definition) is 4. The van der Waals surface area contributed by atoms with Crippen molar-refractivity contribution in [1.82, 2.24) is 0 Å². The molecule has 1 aliphatic carbocycles. The van der Waals surface area contributed by atoms with Crippen LogP contribution in [0.3, 0.4) is 0 Å². The lowest BCUT2D eigenvalue weighted by Gasteiger charge is -2.50. The first-order valence-corrected chi connectivity index (χ1v) is 11.3. The summed E-state index contributed by atoms with van der Waals surface area (Å²) in [5, 5.41) is 40.3. The molecular formula is C24H42O6. The topological polar surface area (TPSA) is 107 Å². The molecule has 4 N–H and O–H groups in total. The molecule has 30 heavy (non-hydrogen) atoms. The van der Waals surface area contributed by atoms with E-state index in [1.807, 2.05) is 19.9 Å². The van der Waals surface area contributed by atoms with Crippen LogP contribution < -0.4 is 0 Å². The molecule has 6 nitrogen and oxygen atoms in total. The van der Waals surface area contributed by atoms with Crippen LogP contribution in [0.1, 0.15) is 73.6 Å². The third kappa shape index (κ3) is 5.71. The van der Waals surface area contributed by atoms with Gasteiger partial charge in [0.25, 0.3) is 0 Å². The van der Waals surface area contributed by atoms with E-state index < -0.39 is 36.4 Å². The van der Waals surface area contributed by atoms with Crippen molar-refractivity contribution in [3.8, 4) is 0 Å². The van der Waals surface area contributed by atoms with Gasteiger partial charge in [-0.3, -0.25) is 4.79 Å². The minimum Gasteiger partial charge on any atom is -0.396 e. The van der Waals surface area contributed by atoms with Crippen molar-refractivity contribution in [2.75, 3.05) is 6.61 Å². The van der Waals surface area contributed by atoms with Crippen LogP contribution in [-0.2, 0) is 9.53 Å². The van der Waals surface area contributed by atoms with E-state index in [0.29, 0.717) is 18.8 Å². The van der Waals surface area contributed by atoms with Crippen LogP contribution in [0.15, 0.2) is 12.2 Å². The van der Waals surface area contributed by atoms with Gasteiger partial charge in [0.15, 0.2) is 11.6 Å². The molecular weight excluding hydrogens is 384 g/mol. The lowest BCUT2D eigenvalue weighted by molar-refractivity contribution is -0.381. The number of ether oxygens (including phenoxy) is 1. The number of aliphatic hydroxyl groups is 4. The lowest BCUT2D eigenvalue weighted by atomic mass is 9.72. The van der Waals surface area contributed by atoms with Crippen molar-refractivity contribution < 1.29 is 30.0 Å². The maximum absolute atomic E-state index is 12.0. The number of ketones is 1. The van der Waals surface area contributed by atoms with E-state index in [2.05, 4.69) is 27.7 Å². The molecule has 6 unspecified atom stereocenters. The fourth-order valence-corrected chi connectivity index (χ4v) is 5.51. The predicted molar refractivity (Wildman–Crippen MR) is 116 cm³/mol. The van der Waals surface area contributed by atoms with Gasteiger partial charge in [-0.1, -0.05) is 54.0 Å². The highest BCUT2D eigenvalue weighted by Gasteiger charge is 2.69. The van der Waals surface area contributed by atoms with E-state index >= 15 is 0 Å². The Morgan fingerprint density at radius 1 is 1.17 bits per heavy atom. The summed E-state index contributed by atoms with van der Waals surface area (Å²) in [6.45, 7) is 12.4. The Kier molecular flexibility index (Phi) is 7.96. The number of allylic oxidation sites excluding steroid dienone is 2. The summed E-state index contributed by atoms with van der Waals surface area (Å²) < 4.78 is 5.63. The first-order valence-electron chi connectivity index (χ1n) is 11.3. The molecule has 0 aromatic heterocycles. The van der Waals surface area contributed by atoms with Crippen molar-refractivity contribution >= 4 is 5.78 Å². The Balaban J connectivity index is 1.83. The molecule has 2 rings (SSSR count). The molecule has 6 atom stereocenters. The van der Waals surface area contributed by atoms with E-state index in [1.165, 1.54) is 0 Å². The normalized spacial score (nSPS) is 34.4. The molecule has 1 heterocycles. The summed E-state index contributed by atoms with van der Waals surface area (Å²) in [4.78, 5) is 12.0. The van der Waals surface area contributed by atoms with Gasteiger partial charge in [0.1, 0.15) is 0 Å². The van der Waals surface area contributed by atoms with Gasteiger partial charge < -0.3 is 25.2 Å². The van der Waals surface area contributed by atoms with E-state index in [9.17, 15) is 25.2 Å². The SMILES string of the molecule is CC(C)CC(=O)C=CC(C)(C)CC(C)(C)CCCC1OC2(O)C(CO)C(O)C(O)C12.